The summed E-state index contributed by atoms with van der Waals surface area (Å²) in [6.07, 6.45) is 13.7. The van der Waals surface area contributed by atoms with Crippen molar-refractivity contribution in [1.82, 2.24) is 0 Å². The van der Waals surface area contributed by atoms with Crippen LogP contribution in [0.4, 0.5) is 0 Å². The molecule has 0 bridgehead atoms. The first-order valence-corrected chi connectivity index (χ1v) is 7.67. The molecule has 104 valence electrons. The maximum absolute atomic E-state index is 5.27. The van der Waals surface area contributed by atoms with Gasteiger partial charge in [0.2, 0.25) is 0 Å². The molecule has 0 N–H and O–H groups in total. The highest BCUT2D eigenvalue weighted by Crippen LogP contribution is 2.34. The van der Waals surface area contributed by atoms with Gasteiger partial charge in [0.05, 0.1) is 0 Å². The molecule has 1 atom stereocenters. The van der Waals surface area contributed by atoms with Gasteiger partial charge in [-0.2, -0.15) is 0 Å². The lowest BCUT2D eigenvalue weighted by Gasteiger charge is -2.29. The molecule has 0 heterocycles. The van der Waals surface area contributed by atoms with Crippen molar-refractivity contribution in [2.45, 2.75) is 85.0 Å². The minimum absolute atomic E-state index is 0.527. The first kappa shape index (κ1) is 17.0. The summed E-state index contributed by atoms with van der Waals surface area (Å²) in [5.74, 6) is 0. The van der Waals surface area contributed by atoms with Crippen LogP contribution in [0.3, 0.4) is 0 Å². The summed E-state index contributed by atoms with van der Waals surface area (Å²) in [6, 6.07) is 0. The monoisotopic (exact) mass is 242 g/mol. The second-order valence-electron chi connectivity index (χ2n) is 5.82. The summed E-state index contributed by atoms with van der Waals surface area (Å²) in [5.41, 5.74) is 0.527. The van der Waals surface area contributed by atoms with Gasteiger partial charge in [0, 0.05) is 13.7 Å². The normalized spacial score (nSPS) is 14.8. The molecule has 0 aliphatic rings. The van der Waals surface area contributed by atoms with Gasteiger partial charge in [-0.15, -0.1) is 0 Å². The van der Waals surface area contributed by atoms with Gasteiger partial charge in [-0.1, -0.05) is 65.7 Å². The third-order valence-corrected chi connectivity index (χ3v) is 3.93. The number of rotatable bonds is 12. The second-order valence-corrected chi connectivity index (χ2v) is 5.82. The number of methoxy groups -OCH3 is 1. The third-order valence-electron chi connectivity index (χ3n) is 3.93. The molecule has 0 aliphatic carbocycles. The van der Waals surface area contributed by atoms with Crippen LogP contribution in [0.15, 0.2) is 0 Å². The average molecular weight is 242 g/mol. The Labute approximate surface area is 109 Å². The van der Waals surface area contributed by atoms with Crippen LogP contribution in [0.2, 0.25) is 0 Å². The van der Waals surface area contributed by atoms with Crippen molar-refractivity contribution in [2.24, 2.45) is 5.41 Å². The van der Waals surface area contributed by atoms with Crippen molar-refractivity contribution in [3.63, 3.8) is 0 Å². The standard InChI is InChI=1S/C16H34O/c1-5-7-9-11-13-16(3,14-15-17-4)12-10-8-6-2/h5-15H2,1-4H3. The van der Waals surface area contributed by atoms with Gasteiger partial charge >= 0.3 is 0 Å². The van der Waals surface area contributed by atoms with Gasteiger partial charge in [-0.25, -0.2) is 0 Å². The van der Waals surface area contributed by atoms with E-state index in [2.05, 4.69) is 20.8 Å². The molecule has 0 aromatic heterocycles. The second kappa shape index (κ2) is 11.1. The molecule has 17 heavy (non-hydrogen) atoms. The van der Waals surface area contributed by atoms with E-state index in [1.54, 1.807) is 0 Å². The summed E-state index contributed by atoms with van der Waals surface area (Å²) >= 11 is 0. The fourth-order valence-electron chi connectivity index (χ4n) is 2.50. The van der Waals surface area contributed by atoms with Crippen LogP contribution in [0.25, 0.3) is 0 Å². The SMILES string of the molecule is CCCCCCC(C)(CCCCC)CCOC. The van der Waals surface area contributed by atoms with Crippen molar-refractivity contribution in [3.8, 4) is 0 Å². The molecule has 0 rings (SSSR count). The molecule has 1 nitrogen and oxygen atoms in total. The van der Waals surface area contributed by atoms with E-state index in [-0.39, 0.29) is 0 Å². The smallest absolute Gasteiger partial charge is 0.0467 e. The molecule has 0 saturated carbocycles. The Bertz CT molecular complexity index is 156. The molecule has 0 radical (unpaired) electrons. The number of ether oxygens (including phenoxy) is 1. The highest BCUT2D eigenvalue weighted by molar-refractivity contribution is 4.74. The maximum atomic E-state index is 5.27. The Morgan fingerprint density at radius 1 is 0.765 bits per heavy atom. The first-order chi connectivity index (χ1) is 8.18. The highest BCUT2D eigenvalue weighted by Gasteiger charge is 2.22. The van der Waals surface area contributed by atoms with Crippen LogP contribution >= 0.6 is 0 Å². The zero-order valence-corrected chi connectivity index (χ0v) is 12.7. The summed E-state index contributed by atoms with van der Waals surface area (Å²) < 4.78 is 5.27. The topological polar surface area (TPSA) is 9.23 Å². The molecular formula is C16H34O. The number of hydrogen-bond acceptors (Lipinski definition) is 1. The van der Waals surface area contributed by atoms with Gasteiger partial charge in [0.1, 0.15) is 0 Å². The Balaban J connectivity index is 3.90. The predicted molar refractivity (Wildman–Crippen MR) is 77.5 cm³/mol. The van der Waals surface area contributed by atoms with Gasteiger partial charge in [0.25, 0.3) is 0 Å². The summed E-state index contributed by atoms with van der Waals surface area (Å²) in [6.45, 7) is 7.96. The lowest BCUT2D eigenvalue weighted by atomic mass is 9.77. The van der Waals surface area contributed by atoms with Gasteiger partial charge in [-0.05, 0) is 24.7 Å². The van der Waals surface area contributed by atoms with Crippen LogP contribution in [-0.2, 0) is 4.74 Å². The molecule has 0 spiro atoms. The van der Waals surface area contributed by atoms with Gasteiger partial charge in [0.15, 0.2) is 0 Å². The van der Waals surface area contributed by atoms with Gasteiger partial charge in [-0.3, -0.25) is 0 Å². The summed E-state index contributed by atoms with van der Waals surface area (Å²) in [5, 5.41) is 0. The lowest BCUT2D eigenvalue weighted by molar-refractivity contribution is 0.128. The van der Waals surface area contributed by atoms with Crippen LogP contribution in [0, 0.1) is 5.41 Å². The maximum Gasteiger partial charge on any atom is 0.0467 e. The van der Waals surface area contributed by atoms with E-state index in [1.165, 1.54) is 64.2 Å². The fourth-order valence-corrected chi connectivity index (χ4v) is 2.50. The zero-order valence-electron chi connectivity index (χ0n) is 12.7. The third kappa shape index (κ3) is 9.64. The van der Waals surface area contributed by atoms with Crippen LogP contribution in [0.5, 0.6) is 0 Å². The van der Waals surface area contributed by atoms with Crippen molar-refractivity contribution in [1.29, 1.82) is 0 Å². The lowest BCUT2D eigenvalue weighted by Crippen LogP contribution is -2.19. The van der Waals surface area contributed by atoms with E-state index in [0.29, 0.717) is 5.41 Å². The first-order valence-electron chi connectivity index (χ1n) is 7.67. The Morgan fingerprint density at radius 2 is 1.29 bits per heavy atom. The van der Waals surface area contributed by atoms with Gasteiger partial charge < -0.3 is 4.74 Å². The van der Waals surface area contributed by atoms with E-state index in [4.69, 9.17) is 4.74 Å². The minimum atomic E-state index is 0.527. The summed E-state index contributed by atoms with van der Waals surface area (Å²) in [4.78, 5) is 0. The molecule has 0 amide bonds. The molecule has 0 aliphatic heterocycles. The largest absolute Gasteiger partial charge is 0.385 e. The Hall–Kier alpha value is -0.0400. The Kier molecular flexibility index (Phi) is 11.0. The predicted octanol–water partition coefficient (Wildman–Crippen LogP) is 5.58. The van der Waals surface area contributed by atoms with Crippen LogP contribution in [-0.4, -0.2) is 13.7 Å². The highest BCUT2D eigenvalue weighted by atomic mass is 16.5. The van der Waals surface area contributed by atoms with Crippen molar-refractivity contribution in [2.75, 3.05) is 13.7 Å². The summed E-state index contributed by atoms with van der Waals surface area (Å²) in [7, 11) is 1.82. The van der Waals surface area contributed by atoms with Crippen molar-refractivity contribution in [3.05, 3.63) is 0 Å². The van der Waals surface area contributed by atoms with Crippen molar-refractivity contribution >= 4 is 0 Å². The number of unbranched alkanes of at least 4 members (excludes halogenated alkanes) is 5. The molecule has 0 fully saturated rings. The zero-order chi connectivity index (χ0) is 13.0. The average Bonchev–Trinajstić information content (AvgIpc) is 2.33. The van der Waals surface area contributed by atoms with E-state index in [1.807, 2.05) is 7.11 Å². The molecule has 1 heteroatoms. The van der Waals surface area contributed by atoms with Crippen molar-refractivity contribution < 1.29 is 4.74 Å². The van der Waals surface area contributed by atoms with E-state index >= 15 is 0 Å². The van der Waals surface area contributed by atoms with E-state index in [0.717, 1.165) is 6.61 Å². The van der Waals surface area contributed by atoms with Crippen LogP contribution < -0.4 is 0 Å². The molecule has 0 aromatic carbocycles. The molecule has 0 aromatic rings. The minimum Gasteiger partial charge on any atom is -0.385 e. The number of hydrogen-bond donors (Lipinski definition) is 0. The van der Waals surface area contributed by atoms with E-state index < -0.39 is 0 Å². The molecule has 1 unspecified atom stereocenters. The molecule has 0 saturated heterocycles. The van der Waals surface area contributed by atoms with Crippen LogP contribution in [0.1, 0.15) is 85.0 Å². The molecular weight excluding hydrogens is 208 g/mol. The quantitative estimate of drug-likeness (QED) is 0.406. The van der Waals surface area contributed by atoms with E-state index in [9.17, 15) is 0 Å². The fraction of sp³-hybridized carbons (Fsp3) is 1.00. The Morgan fingerprint density at radius 3 is 1.82 bits per heavy atom.